The van der Waals surface area contributed by atoms with Crippen molar-refractivity contribution in [3.8, 4) is 0 Å². The number of nitrogens with zero attached hydrogens (tertiary/aromatic N) is 1. The van der Waals surface area contributed by atoms with E-state index in [2.05, 4.69) is 20.8 Å². The Bertz CT molecular complexity index is 517. The number of carbonyl (C=O) groups is 2. The van der Waals surface area contributed by atoms with Gasteiger partial charge in [0.15, 0.2) is 0 Å². The number of β-lactam (4-membered cyclic amide) rings is 1. The highest BCUT2D eigenvalue weighted by atomic mass is 35.5. The van der Waals surface area contributed by atoms with E-state index in [-0.39, 0.29) is 23.8 Å². The zero-order chi connectivity index (χ0) is 17.3. The number of alkyl halides is 1. The lowest BCUT2D eigenvalue weighted by atomic mass is 9.71. The summed E-state index contributed by atoms with van der Waals surface area (Å²) in [6.07, 6.45) is 4.25. The number of hydrogen-bond acceptors (Lipinski definition) is 4. The zero-order valence-electron chi connectivity index (χ0n) is 14.2. The molecule has 1 aliphatic carbocycles. The summed E-state index contributed by atoms with van der Waals surface area (Å²) in [6.45, 7) is 6.33. The Hall–Kier alpha value is -1.07. The Labute approximate surface area is 142 Å². The predicted octanol–water partition coefficient (Wildman–Crippen LogP) is 2.66. The molecular formula is C17H26ClNO4. The number of methoxy groups -OCH3 is 1. The Morgan fingerprint density at radius 3 is 2.57 bits per heavy atom. The third-order valence-corrected chi connectivity index (χ3v) is 5.14. The summed E-state index contributed by atoms with van der Waals surface area (Å²) in [5.41, 5.74) is 0.216. The molecular weight excluding hydrogens is 318 g/mol. The topological polar surface area (TPSA) is 66.8 Å². The van der Waals surface area contributed by atoms with E-state index < -0.39 is 17.5 Å². The SMILES string of the molecule is CCC.COC(=O)C1=C2C(C)CCCC2C2C(C(O)Cl)C(=O)N12. The van der Waals surface area contributed by atoms with Crippen molar-refractivity contribution in [1.82, 2.24) is 4.90 Å². The van der Waals surface area contributed by atoms with Gasteiger partial charge in [0.1, 0.15) is 11.3 Å². The minimum absolute atomic E-state index is 0.129. The van der Waals surface area contributed by atoms with Gasteiger partial charge in [-0.3, -0.25) is 4.79 Å². The molecule has 1 amide bonds. The maximum atomic E-state index is 12.2. The third-order valence-electron chi connectivity index (χ3n) is 4.87. The van der Waals surface area contributed by atoms with E-state index in [1.54, 1.807) is 0 Å². The fourth-order valence-electron chi connectivity index (χ4n) is 4.04. The van der Waals surface area contributed by atoms with E-state index in [4.69, 9.17) is 16.3 Å². The van der Waals surface area contributed by atoms with E-state index in [1.807, 2.05) is 0 Å². The van der Waals surface area contributed by atoms with Gasteiger partial charge in [-0.25, -0.2) is 4.79 Å². The first-order chi connectivity index (χ1) is 10.9. The second-order valence-electron chi connectivity index (χ2n) is 6.54. The highest BCUT2D eigenvalue weighted by Crippen LogP contribution is 2.54. The molecule has 0 aromatic rings. The fourth-order valence-corrected chi connectivity index (χ4v) is 4.29. The average molecular weight is 344 g/mol. The lowest BCUT2D eigenvalue weighted by Crippen LogP contribution is -2.63. The molecule has 5 atom stereocenters. The standard InChI is InChI=1S/C14H18ClNO4.C3H8/c1-6-4-3-5-7-8(6)11(14(19)20-2)16-10(7)9(12(15)17)13(16)18;1-3-2/h6-7,9-10,12,17H,3-5H2,1-2H3;3H2,1-2H3. The maximum Gasteiger partial charge on any atom is 0.354 e. The Morgan fingerprint density at radius 1 is 1.43 bits per heavy atom. The van der Waals surface area contributed by atoms with Gasteiger partial charge in [0.2, 0.25) is 5.91 Å². The van der Waals surface area contributed by atoms with Crippen molar-refractivity contribution in [3.05, 3.63) is 11.3 Å². The third kappa shape index (κ3) is 2.89. The van der Waals surface area contributed by atoms with Crippen LogP contribution in [0.15, 0.2) is 11.3 Å². The van der Waals surface area contributed by atoms with E-state index in [1.165, 1.54) is 18.4 Å². The van der Waals surface area contributed by atoms with Crippen LogP contribution in [0, 0.1) is 17.8 Å². The molecule has 6 heteroatoms. The number of esters is 1. The zero-order valence-corrected chi connectivity index (χ0v) is 15.0. The number of hydrogen-bond donors (Lipinski definition) is 1. The molecule has 0 bridgehead atoms. The number of aliphatic hydroxyl groups excluding tert-OH is 1. The normalized spacial score (nSPS) is 33.1. The van der Waals surface area contributed by atoms with Crippen LogP contribution in [-0.4, -0.2) is 40.6 Å². The number of ether oxygens (including phenoxy) is 1. The first-order valence-corrected chi connectivity index (χ1v) is 8.81. The van der Waals surface area contributed by atoms with Crippen LogP contribution < -0.4 is 0 Å². The second-order valence-corrected chi connectivity index (χ2v) is 6.99. The molecule has 0 radical (unpaired) electrons. The highest BCUT2D eigenvalue weighted by Gasteiger charge is 2.62. The lowest BCUT2D eigenvalue weighted by molar-refractivity contribution is -0.161. The number of halogens is 1. The van der Waals surface area contributed by atoms with Gasteiger partial charge >= 0.3 is 5.97 Å². The molecule has 1 saturated carbocycles. The van der Waals surface area contributed by atoms with Crippen LogP contribution in [0.1, 0.15) is 46.5 Å². The fraction of sp³-hybridized carbons (Fsp3) is 0.765. The van der Waals surface area contributed by atoms with Crippen LogP contribution in [0.2, 0.25) is 0 Å². The van der Waals surface area contributed by atoms with E-state index in [0.29, 0.717) is 5.70 Å². The van der Waals surface area contributed by atoms with Gasteiger partial charge in [-0.2, -0.15) is 0 Å². The summed E-state index contributed by atoms with van der Waals surface area (Å²) in [6, 6.07) is -0.179. The molecule has 2 fully saturated rings. The molecule has 0 aromatic carbocycles. The number of aliphatic hydroxyl groups is 1. The van der Waals surface area contributed by atoms with Crippen molar-refractivity contribution in [2.75, 3.05) is 7.11 Å². The predicted molar refractivity (Wildman–Crippen MR) is 87.5 cm³/mol. The smallest absolute Gasteiger partial charge is 0.354 e. The molecule has 2 aliphatic heterocycles. The number of rotatable bonds is 2. The quantitative estimate of drug-likeness (QED) is 0.475. The van der Waals surface area contributed by atoms with Crippen LogP contribution in [0.5, 0.6) is 0 Å². The number of carbonyl (C=O) groups excluding carboxylic acids is 2. The van der Waals surface area contributed by atoms with Gasteiger partial charge in [-0.15, -0.1) is 0 Å². The summed E-state index contributed by atoms with van der Waals surface area (Å²) in [4.78, 5) is 25.8. The lowest BCUT2D eigenvalue weighted by Gasteiger charge is -2.47. The van der Waals surface area contributed by atoms with E-state index in [9.17, 15) is 14.7 Å². The molecule has 3 rings (SSSR count). The van der Waals surface area contributed by atoms with Crippen molar-refractivity contribution in [2.24, 2.45) is 17.8 Å². The minimum atomic E-state index is -1.20. The number of amides is 1. The van der Waals surface area contributed by atoms with Crippen molar-refractivity contribution < 1.29 is 19.4 Å². The first kappa shape index (κ1) is 18.3. The molecule has 0 aromatic heterocycles. The van der Waals surface area contributed by atoms with Crippen molar-refractivity contribution in [1.29, 1.82) is 0 Å². The molecule has 5 unspecified atom stereocenters. The van der Waals surface area contributed by atoms with Gasteiger partial charge in [0.05, 0.1) is 19.1 Å². The molecule has 130 valence electrons. The van der Waals surface area contributed by atoms with Crippen molar-refractivity contribution in [2.45, 2.75) is 58.1 Å². The van der Waals surface area contributed by atoms with Crippen molar-refractivity contribution >= 4 is 23.5 Å². The largest absolute Gasteiger partial charge is 0.464 e. The first-order valence-electron chi connectivity index (χ1n) is 8.38. The van der Waals surface area contributed by atoms with Crippen LogP contribution >= 0.6 is 11.6 Å². The molecule has 23 heavy (non-hydrogen) atoms. The number of fused-ring (bicyclic) bond motifs is 3. The Balaban J connectivity index is 0.000000595. The maximum absolute atomic E-state index is 12.2. The second kappa shape index (κ2) is 7.22. The van der Waals surface area contributed by atoms with Gasteiger partial charge in [-0.1, -0.05) is 45.2 Å². The summed E-state index contributed by atoms with van der Waals surface area (Å²) >= 11 is 5.74. The Morgan fingerprint density at radius 2 is 2.04 bits per heavy atom. The van der Waals surface area contributed by atoms with E-state index in [0.717, 1.165) is 24.8 Å². The van der Waals surface area contributed by atoms with Crippen LogP contribution in [0.3, 0.4) is 0 Å². The van der Waals surface area contributed by atoms with Gasteiger partial charge in [0.25, 0.3) is 0 Å². The highest BCUT2D eigenvalue weighted by molar-refractivity contribution is 6.22. The van der Waals surface area contributed by atoms with Crippen LogP contribution in [0.25, 0.3) is 0 Å². The van der Waals surface area contributed by atoms with Gasteiger partial charge in [-0.05, 0) is 24.3 Å². The summed E-state index contributed by atoms with van der Waals surface area (Å²) in [7, 11) is 1.32. The van der Waals surface area contributed by atoms with Gasteiger partial charge in [0, 0.05) is 5.92 Å². The monoisotopic (exact) mass is 343 g/mol. The molecule has 1 saturated heterocycles. The van der Waals surface area contributed by atoms with E-state index >= 15 is 0 Å². The molecule has 5 nitrogen and oxygen atoms in total. The van der Waals surface area contributed by atoms with Gasteiger partial charge < -0.3 is 14.7 Å². The van der Waals surface area contributed by atoms with Crippen LogP contribution in [-0.2, 0) is 14.3 Å². The summed E-state index contributed by atoms with van der Waals surface area (Å²) < 4.78 is 4.84. The van der Waals surface area contributed by atoms with Crippen molar-refractivity contribution in [3.63, 3.8) is 0 Å². The summed E-state index contributed by atoms with van der Waals surface area (Å²) in [5.74, 6) is -0.952. The molecule has 0 spiro atoms. The summed E-state index contributed by atoms with van der Waals surface area (Å²) in [5, 5.41) is 9.61. The molecule has 3 aliphatic rings. The van der Waals surface area contributed by atoms with Crippen LogP contribution in [0.4, 0.5) is 0 Å². The molecule has 1 N–H and O–H groups in total. The molecule has 2 heterocycles. The Kier molecular flexibility index (Phi) is 5.74. The minimum Gasteiger partial charge on any atom is -0.464 e. The average Bonchev–Trinajstić information content (AvgIpc) is 2.79.